The van der Waals surface area contributed by atoms with Gasteiger partial charge >= 0.3 is 0 Å². The number of carbonyl (C=O) groups excluding carboxylic acids is 1. The number of nitrogens with one attached hydrogen (secondary N) is 1. The zero-order valence-corrected chi connectivity index (χ0v) is 16.0. The first-order chi connectivity index (χ1) is 13.5. The SMILES string of the molecule is O=C(CCOc1ccc(F)cc1)Nc1ccccc1Oc1ncc(Cl)cc1Cl. The third kappa shape index (κ3) is 5.58. The van der Waals surface area contributed by atoms with Crippen LogP contribution in [0.5, 0.6) is 17.4 Å². The third-order valence-electron chi connectivity index (χ3n) is 3.55. The lowest BCUT2D eigenvalue weighted by Crippen LogP contribution is -2.15. The van der Waals surface area contributed by atoms with Gasteiger partial charge in [-0.3, -0.25) is 4.79 Å². The van der Waals surface area contributed by atoms with Crippen molar-refractivity contribution >= 4 is 34.8 Å². The van der Waals surface area contributed by atoms with E-state index in [9.17, 15) is 9.18 Å². The van der Waals surface area contributed by atoms with Gasteiger partial charge in [0.2, 0.25) is 11.8 Å². The van der Waals surface area contributed by atoms with Gasteiger partial charge in [0, 0.05) is 6.20 Å². The second-order valence-corrected chi connectivity index (χ2v) is 6.48. The van der Waals surface area contributed by atoms with Crippen LogP contribution >= 0.6 is 23.2 Å². The normalized spacial score (nSPS) is 10.4. The van der Waals surface area contributed by atoms with Crippen molar-refractivity contribution in [2.75, 3.05) is 11.9 Å². The van der Waals surface area contributed by atoms with E-state index in [-0.39, 0.29) is 35.7 Å². The van der Waals surface area contributed by atoms with E-state index in [0.29, 0.717) is 22.2 Å². The molecule has 1 heterocycles. The molecule has 0 fully saturated rings. The number of para-hydroxylation sites is 2. The minimum absolute atomic E-state index is 0.103. The fourth-order valence-electron chi connectivity index (χ4n) is 2.25. The first kappa shape index (κ1) is 19.9. The molecule has 0 bridgehead atoms. The van der Waals surface area contributed by atoms with Crippen LogP contribution in [0.3, 0.4) is 0 Å². The lowest BCUT2D eigenvalue weighted by Gasteiger charge is -2.12. The molecule has 8 heteroatoms. The van der Waals surface area contributed by atoms with E-state index in [2.05, 4.69) is 10.3 Å². The number of amides is 1. The molecule has 5 nitrogen and oxygen atoms in total. The maximum Gasteiger partial charge on any atom is 0.238 e. The Hall–Kier alpha value is -2.83. The first-order valence-electron chi connectivity index (χ1n) is 8.27. The highest BCUT2D eigenvalue weighted by atomic mass is 35.5. The van der Waals surface area contributed by atoms with E-state index < -0.39 is 0 Å². The fourth-order valence-corrected chi connectivity index (χ4v) is 2.66. The molecule has 0 saturated carbocycles. The summed E-state index contributed by atoms with van der Waals surface area (Å²) in [7, 11) is 0. The highest BCUT2D eigenvalue weighted by Gasteiger charge is 2.11. The standard InChI is InChI=1S/C20H15Cl2FN2O3/c21-13-11-16(22)20(24-12-13)28-18-4-2-1-3-17(18)25-19(26)9-10-27-15-7-5-14(23)6-8-15/h1-8,11-12H,9-10H2,(H,25,26). The number of nitrogens with zero attached hydrogens (tertiary/aromatic N) is 1. The number of aromatic nitrogens is 1. The van der Waals surface area contributed by atoms with Crippen molar-refractivity contribution in [3.63, 3.8) is 0 Å². The van der Waals surface area contributed by atoms with Gasteiger partial charge in [0.15, 0.2) is 5.75 Å². The number of rotatable bonds is 7. The number of benzene rings is 2. The van der Waals surface area contributed by atoms with Crippen molar-refractivity contribution in [2.45, 2.75) is 6.42 Å². The van der Waals surface area contributed by atoms with Gasteiger partial charge in [-0.05, 0) is 42.5 Å². The third-order valence-corrected chi connectivity index (χ3v) is 4.03. The predicted octanol–water partition coefficient (Wildman–Crippen LogP) is 5.73. The molecule has 144 valence electrons. The molecule has 1 aromatic heterocycles. The van der Waals surface area contributed by atoms with Crippen LogP contribution in [-0.2, 0) is 4.79 Å². The molecule has 0 atom stereocenters. The van der Waals surface area contributed by atoms with Gasteiger partial charge in [-0.2, -0.15) is 0 Å². The molecule has 1 amide bonds. The Morgan fingerprint density at radius 3 is 2.61 bits per heavy atom. The summed E-state index contributed by atoms with van der Waals surface area (Å²) in [4.78, 5) is 16.2. The Balaban J connectivity index is 1.59. The second kappa shape index (κ2) is 9.39. The molecule has 0 spiro atoms. The molecule has 0 aliphatic carbocycles. The summed E-state index contributed by atoms with van der Waals surface area (Å²) in [6.07, 6.45) is 1.52. The maximum atomic E-state index is 12.9. The Kier molecular flexibility index (Phi) is 6.68. The zero-order chi connectivity index (χ0) is 19.9. The highest BCUT2D eigenvalue weighted by Crippen LogP contribution is 2.33. The molecule has 0 saturated heterocycles. The van der Waals surface area contributed by atoms with E-state index in [4.69, 9.17) is 32.7 Å². The summed E-state index contributed by atoms with van der Waals surface area (Å²) in [6, 6.07) is 14.0. The van der Waals surface area contributed by atoms with Crippen LogP contribution in [0.15, 0.2) is 60.8 Å². The predicted molar refractivity (Wildman–Crippen MR) is 106 cm³/mol. The molecule has 0 unspecified atom stereocenters. The van der Waals surface area contributed by atoms with Crippen LogP contribution in [0.2, 0.25) is 10.0 Å². The minimum atomic E-state index is -0.350. The molecular weight excluding hydrogens is 406 g/mol. The number of ether oxygens (including phenoxy) is 2. The summed E-state index contributed by atoms with van der Waals surface area (Å²) in [5, 5.41) is 3.40. The summed E-state index contributed by atoms with van der Waals surface area (Å²) < 4.78 is 24.0. The average molecular weight is 421 g/mol. The van der Waals surface area contributed by atoms with Crippen molar-refractivity contribution in [3.05, 3.63) is 76.7 Å². The molecular formula is C20H15Cl2FN2O3. The Bertz CT molecular complexity index is 968. The summed E-state index contributed by atoms with van der Waals surface area (Å²) in [5.74, 6) is 0.422. The molecule has 3 aromatic rings. The number of hydrogen-bond acceptors (Lipinski definition) is 4. The molecule has 0 aliphatic heterocycles. The van der Waals surface area contributed by atoms with Crippen LogP contribution in [-0.4, -0.2) is 17.5 Å². The molecule has 0 aliphatic rings. The monoisotopic (exact) mass is 420 g/mol. The van der Waals surface area contributed by atoms with Crippen molar-refractivity contribution < 1.29 is 18.7 Å². The number of pyridine rings is 1. The summed E-state index contributed by atoms with van der Waals surface area (Å²) >= 11 is 11.9. The van der Waals surface area contributed by atoms with Gasteiger partial charge < -0.3 is 14.8 Å². The zero-order valence-electron chi connectivity index (χ0n) is 14.5. The number of halogens is 3. The van der Waals surface area contributed by atoms with Gasteiger partial charge in [-0.15, -0.1) is 0 Å². The van der Waals surface area contributed by atoms with Crippen LogP contribution < -0.4 is 14.8 Å². The second-order valence-electron chi connectivity index (χ2n) is 5.64. The lowest BCUT2D eigenvalue weighted by atomic mass is 10.2. The smallest absolute Gasteiger partial charge is 0.238 e. The quantitative estimate of drug-likeness (QED) is 0.530. The van der Waals surface area contributed by atoms with Gasteiger partial charge in [0.05, 0.1) is 23.7 Å². The maximum absolute atomic E-state index is 12.9. The molecule has 0 radical (unpaired) electrons. The lowest BCUT2D eigenvalue weighted by molar-refractivity contribution is -0.116. The van der Waals surface area contributed by atoms with Gasteiger partial charge in [0.25, 0.3) is 0 Å². The van der Waals surface area contributed by atoms with Crippen LogP contribution in [0.4, 0.5) is 10.1 Å². The largest absolute Gasteiger partial charge is 0.493 e. The number of anilines is 1. The van der Waals surface area contributed by atoms with Gasteiger partial charge in [0.1, 0.15) is 16.6 Å². The van der Waals surface area contributed by atoms with E-state index in [1.54, 1.807) is 24.3 Å². The van der Waals surface area contributed by atoms with E-state index in [1.165, 1.54) is 36.5 Å². The molecule has 2 aromatic carbocycles. The molecule has 3 rings (SSSR count). The van der Waals surface area contributed by atoms with E-state index >= 15 is 0 Å². The molecule has 1 N–H and O–H groups in total. The number of carbonyl (C=O) groups is 1. The van der Waals surface area contributed by atoms with Crippen molar-refractivity contribution in [3.8, 4) is 17.4 Å². The first-order valence-corrected chi connectivity index (χ1v) is 9.03. The van der Waals surface area contributed by atoms with Gasteiger partial charge in [-0.25, -0.2) is 9.37 Å². The van der Waals surface area contributed by atoms with Crippen molar-refractivity contribution in [1.82, 2.24) is 4.98 Å². The van der Waals surface area contributed by atoms with Gasteiger partial charge in [-0.1, -0.05) is 35.3 Å². The molecule has 28 heavy (non-hydrogen) atoms. The minimum Gasteiger partial charge on any atom is -0.493 e. The Labute approximate surface area is 171 Å². The summed E-state index contributed by atoms with van der Waals surface area (Å²) in [5.41, 5.74) is 0.460. The Morgan fingerprint density at radius 2 is 1.86 bits per heavy atom. The topological polar surface area (TPSA) is 60.5 Å². The summed E-state index contributed by atoms with van der Waals surface area (Å²) in [6.45, 7) is 0.144. The average Bonchev–Trinajstić information content (AvgIpc) is 2.67. The van der Waals surface area contributed by atoms with Crippen LogP contribution in [0, 0.1) is 5.82 Å². The van der Waals surface area contributed by atoms with Crippen molar-refractivity contribution in [2.24, 2.45) is 0 Å². The highest BCUT2D eigenvalue weighted by molar-refractivity contribution is 6.35. The van der Waals surface area contributed by atoms with E-state index in [0.717, 1.165) is 0 Å². The number of hydrogen-bond donors (Lipinski definition) is 1. The van der Waals surface area contributed by atoms with E-state index in [1.807, 2.05) is 0 Å². The van der Waals surface area contributed by atoms with Crippen molar-refractivity contribution in [1.29, 1.82) is 0 Å². The Morgan fingerprint density at radius 1 is 1.11 bits per heavy atom. The van der Waals surface area contributed by atoms with Crippen LogP contribution in [0.25, 0.3) is 0 Å². The fraction of sp³-hybridized carbons (Fsp3) is 0.100. The van der Waals surface area contributed by atoms with Crippen LogP contribution in [0.1, 0.15) is 6.42 Å².